The smallest absolute Gasteiger partial charge is 0.240 e. The van der Waals surface area contributed by atoms with E-state index in [1.54, 1.807) is 12.1 Å². The van der Waals surface area contributed by atoms with Crippen molar-refractivity contribution in [3.05, 3.63) is 71.9 Å². The van der Waals surface area contributed by atoms with E-state index in [9.17, 15) is 18.0 Å². The van der Waals surface area contributed by atoms with Crippen LogP contribution in [0.5, 0.6) is 11.5 Å². The summed E-state index contributed by atoms with van der Waals surface area (Å²) in [6.45, 7) is 1.86. The van der Waals surface area contributed by atoms with E-state index in [4.69, 9.17) is 9.47 Å². The Hall–Kier alpha value is -3.76. The minimum Gasteiger partial charge on any atom is -0.454 e. The zero-order valence-electron chi connectivity index (χ0n) is 20.3. The van der Waals surface area contributed by atoms with Crippen LogP contribution in [0.15, 0.2) is 65.6 Å². The van der Waals surface area contributed by atoms with Crippen LogP contribution in [0.2, 0.25) is 0 Å². The van der Waals surface area contributed by atoms with Gasteiger partial charge in [0.15, 0.2) is 11.5 Å². The molecule has 9 nitrogen and oxygen atoms in total. The zero-order valence-corrected chi connectivity index (χ0v) is 21.1. The molecule has 1 aromatic heterocycles. The number of hydrogen-bond donors (Lipinski definition) is 2. The predicted octanol–water partition coefficient (Wildman–Crippen LogP) is 3.23. The first-order chi connectivity index (χ1) is 17.8. The van der Waals surface area contributed by atoms with Crippen LogP contribution in [0.3, 0.4) is 0 Å². The van der Waals surface area contributed by atoms with Crippen molar-refractivity contribution >= 4 is 21.7 Å². The third-order valence-corrected chi connectivity index (χ3v) is 8.09. The van der Waals surface area contributed by atoms with Crippen LogP contribution in [0.1, 0.15) is 33.9 Å². The summed E-state index contributed by atoms with van der Waals surface area (Å²) < 4.78 is 38.3. The second kappa shape index (κ2) is 9.95. The van der Waals surface area contributed by atoms with Crippen molar-refractivity contribution in [2.75, 3.05) is 19.9 Å². The summed E-state index contributed by atoms with van der Waals surface area (Å²) >= 11 is 0. The molecular formula is C27H31N3O6S. The van der Waals surface area contributed by atoms with Crippen LogP contribution in [-0.2, 0) is 31.4 Å². The molecule has 0 bridgehead atoms. The molecule has 0 saturated heterocycles. The number of ketones is 1. The predicted molar refractivity (Wildman–Crippen MR) is 140 cm³/mol. The molecule has 0 radical (unpaired) electrons. The van der Waals surface area contributed by atoms with E-state index in [1.807, 2.05) is 36.4 Å². The maximum Gasteiger partial charge on any atom is 0.240 e. The fourth-order valence-corrected chi connectivity index (χ4v) is 5.46. The molecule has 1 aliphatic heterocycles. The third-order valence-electron chi connectivity index (χ3n) is 6.61. The SMILES string of the molecule is CC(=O)NCCNS(=O)(=O)c1ccc(-c2cccc(CC(=O)C3(c4ccc5c(c4)OCO5)CC3)n2)cc1.[HH].[HH]. The molecule has 2 N–H and O–H groups in total. The molecule has 1 aliphatic carbocycles. The number of nitrogens with zero attached hydrogens (tertiary/aromatic N) is 1. The Balaban J connectivity index is 0.00000210. The molecule has 1 fully saturated rings. The van der Waals surface area contributed by atoms with Crippen LogP contribution in [-0.4, -0.2) is 45.0 Å². The van der Waals surface area contributed by atoms with Gasteiger partial charge in [-0.25, -0.2) is 13.1 Å². The van der Waals surface area contributed by atoms with Gasteiger partial charge in [-0.1, -0.05) is 24.3 Å². The highest BCUT2D eigenvalue weighted by Gasteiger charge is 2.51. The maximum atomic E-state index is 13.3. The van der Waals surface area contributed by atoms with Crippen molar-refractivity contribution in [3.8, 4) is 22.8 Å². The van der Waals surface area contributed by atoms with Crippen molar-refractivity contribution in [3.63, 3.8) is 0 Å². The number of fused-ring (bicyclic) bond motifs is 1. The van der Waals surface area contributed by atoms with Crippen molar-refractivity contribution in [2.24, 2.45) is 0 Å². The molecule has 0 unspecified atom stereocenters. The van der Waals surface area contributed by atoms with E-state index in [1.165, 1.54) is 19.1 Å². The van der Waals surface area contributed by atoms with E-state index >= 15 is 0 Å². The van der Waals surface area contributed by atoms with Gasteiger partial charge in [-0.15, -0.1) is 0 Å². The number of hydrogen-bond acceptors (Lipinski definition) is 7. The summed E-state index contributed by atoms with van der Waals surface area (Å²) in [7, 11) is -3.70. The van der Waals surface area contributed by atoms with Gasteiger partial charge in [0.25, 0.3) is 0 Å². The highest BCUT2D eigenvalue weighted by molar-refractivity contribution is 7.89. The number of ether oxygens (including phenoxy) is 2. The minimum absolute atomic E-state index is 0. The lowest BCUT2D eigenvalue weighted by Gasteiger charge is -2.15. The Kier molecular flexibility index (Phi) is 6.70. The molecule has 2 heterocycles. The fraction of sp³-hybridized carbons (Fsp3) is 0.296. The topological polar surface area (TPSA) is 124 Å². The van der Waals surface area contributed by atoms with Crippen molar-refractivity contribution in [2.45, 2.75) is 36.5 Å². The van der Waals surface area contributed by atoms with Crippen molar-refractivity contribution < 1.29 is 30.3 Å². The molecule has 5 rings (SSSR count). The highest BCUT2D eigenvalue weighted by atomic mass is 32.2. The molecule has 2 aromatic carbocycles. The number of aromatic nitrogens is 1. The van der Waals surface area contributed by atoms with Gasteiger partial charge in [0.2, 0.25) is 22.7 Å². The summed E-state index contributed by atoms with van der Waals surface area (Å²) in [5, 5.41) is 2.54. The van der Waals surface area contributed by atoms with Gasteiger partial charge in [0.1, 0.15) is 5.78 Å². The quantitative estimate of drug-likeness (QED) is 0.390. The van der Waals surface area contributed by atoms with Gasteiger partial charge < -0.3 is 14.8 Å². The number of Topliss-reactive ketones (excluding diaryl/α,β-unsaturated/α-hetero) is 1. The van der Waals surface area contributed by atoms with E-state index in [0.717, 1.165) is 24.0 Å². The monoisotopic (exact) mass is 525 g/mol. The normalized spacial score (nSPS) is 15.3. The van der Waals surface area contributed by atoms with E-state index < -0.39 is 15.4 Å². The van der Waals surface area contributed by atoms with Gasteiger partial charge in [0, 0.05) is 40.5 Å². The molecule has 1 saturated carbocycles. The lowest BCUT2D eigenvalue weighted by molar-refractivity contribution is -0.121. The van der Waals surface area contributed by atoms with Gasteiger partial charge in [-0.3, -0.25) is 14.6 Å². The number of sulfonamides is 1. The van der Waals surface area contributed by atoms with Crippen LogP contribution >= 0.6 is 0 Å². The first kappa shape index (κ1) is 24.9. The summed E-state index contributed by atoms with van der Waals surface area (Å²) in [6, 6.07) is 17.6. The van der Waals surface area contributed by atoms with Crippen LogP contribution < -0.4 is 19.5 Å². The first-order valence-corrected chi connectivity index (χ1v) is 13.5. The molecular weight excluding hydrogens is 494 g/mol. The minimum atomic E-state index is -3.70. The molecule has 2 aliphatic rings. The van der Waals surface area contributed by atoms with Gasteiger partial charge in [-0.2, -0.15) is 0 Å². The van der Waals surface area contributed by atoms with Gasteiger partial charge in [0.05, 0.1) is 16.0 Å². The number of carbonyl (C=O) groups is 2. The lowest BCUT2D eigenvalue weighted by Crippen LogP contribution is -2.33. The summed E-state index contributed by atoms with van der Waals surface area (Å²) in [6.07, 6.45) is 1.78. The second-order valence-electron chi connectivity index (χ2n) is 9.17. The maximum absolute atomic E-state index is 13.3. The Morgan fingerprint density at radius 3 is 2.49 bits per heavy atom. The van der Waals surface area contributed by atoms with E-state index in [-0.39, 0.29) is 45.7 Å². The summed E-state index contributed by atoms with van der Waals surface area (Å²) in [4.78, 5) is 29.1. The lowest BCUT2D eigenvalue weighted by atomic mass is 9.88. The van der Waals surface area contributed by atoms with Crippen LogP contribution in [0.4, 0.5) is 0 Å². The molecule has 3 aromatic rings. The van der Waals surface area contributed by atoms with Gasteiger partial charge >= 0.3 is 0 Å². The standard InChI is InChI=1S/C27H27N3O6S.2H2/c1-18(31)28-13-14-29-37(33,34)22-8-5-19(6-9-22)23-4-2-3-21(30-23)16-26(32)27(11-12-27)20-7-10-24-25(15-20)36-17-35-24;;/h2-10,15,29H,11-14,16-17H2,1H3,(H,28,31);2*1H. The molecule has 0 spiro atoms. The Bertz CT molecular complexity index is 1460. The highest BCUT2D eigenvalue weighted by Crippen LogP contribution is 2.51. The number of pyridine rings is 1. The fourth-order valence-electron chi connectivity index (χ4n) is 4.43. The zero-order chi connectivity index (χ0) is 26.0. The molecule has 10 heteroatoms. The number of amides is 1. The van der Waals surface area contributed by atoms with Crippen LogP contribution in [0, 0.1) is 0 Å². The molecule has 37 heavy (non-hydrogen) atoms. The Morgan fingerprint density at radius 2 is 1.76 bits per heavy atom. The first-order valence-electron chi connectivity index (χ1n) is 12.0. The summed E-state index contributed by atoms with van der Waals surface area (Å²) in [5.41, 5.74) is 2.48. The Labute approximate surface area is 218 Å². The van der Waals surface area contributed by atoms with Gasteiger partial charge in [-0.05, 0) is 54.8 Å². The van der Waals surface area contributed by atoms with Crippen LogP contribution in [0.25, 0.3) is 11.3 Å². The second-order valence-corrected chi connectivity index (χ2v) is 10.9. The van der Waals surface area contributed by atoms with E-state index in [0.29, 0.717) is 22.9 Å². The largest absolute Gasteiger partial charge is 0.454 e. The molecule has 0 atom stereocenters. The van der Waals surface area contributed by atoms with E-state index in [2.05, 4.69) is 15.0 Å². The third kappa shape index (κ3) is 5.35. The molecule has 1 amide bonds. The number of rotatable bonds is 10. The number of carbonyl (C=O) groups excluding carboxylic acids is 2. The average molecular weight is 526 g/mol. The van der Waals surface area contributed by atoms with Crippen molar-refractivity contribution in [1.29, 1.82) is 0 Å². The summed E-state index contributed by atoms with van der Waals surface area (Å²) in [5.74, 6) is 1.26. The molecule has 196 valence electrons. The van der Waals surface area contributed by atoms with Crippen molar-refractivity contribution in [1.82, 2.24) is 15.0 Å². The average Bonchev–Trinajstić information content (AvgIpc) is 3.57. The Morgan fingerprint density at radius 1 is 1.00 bits per heavy atom. The number of benzene rings is 2. The number of nitrogens with one attached hydrogen (secondary N) is 2.